The fraction of sp³-hybridized carbons (Fsp3) is 0.571. The highest BCUT2D eigenvalue weighted by Gasteiger charge is 2.31. The van der Waals surface area contributed by atoms with Gasteiger partial charge in [0.05, 0.1) is 11.3 Å². The fourth-order valence-corrected chi connectivity index (χ4v) is 1.40. The molecule has 1 aromatic rings. The van der Waals surface area contributed by atoms with Gasteiger partial charge in [0, 0.05) is 6.54 Å². The van der Waals surface area contributed by atoms with Crippen molar-refractivity contribution in [3.8, 4) is 0 Å². The molecular formula is C14H19F4N. The van der Waals surface area contributed by atoms with E-state index in [1.54, 1.807) is 0 Å². The largest absolute Gasteiger partial charge is 0.416 e. The summed E-state index contributed by atoms with van der Waals surface area (Å²) in [6.45, 7) is 8.69. The standard InChI is InChI=1S/C14H19F4N/c1-9(13(2,3)4)8-19-12-6-5-10(7-11(12)15)14(16,17)18/h5-7,9,19H,8H2,1-4H3. The van der Waals surface area contributed by atoms with E-state index in [0.29, 0.717) is 12.6 Å². The molecular weight excluding hydrogens is 258 g/mol. The summed E-state index contributed by atoms with van der Waals surface area (Å²) in [5.74, 6) is -0.620. The SMILES string of the molecule is CC(CNc1ccc(C(F)(F)F)cc1F)C(C)(C)C. The van der Waals surface area contributed by atoms with Gasteiger partial charge in [0.2, 0.25) is 0 Å². The van der Waals surface area contributed by atoms with Crippen LogP contribution in [0.3, 0.4) is 0 Å². The topological polar surface area (TPSA) is 12.0 Å². The molecule has 0 aliphatic heterocycles. The van der Waals surface area contributed by atoms with Crippen molar-refractivity contribution >= 4 is 5.69 Å². The molecule has 0 aromatic heterocycles. The minimum Gasteiger partial charge on any atom is -0.382 e. The lowest BCUT2D eigenvalue weighted by Gasteiger charge is -2.27. The molecule has 0 heterocycles. The molecule has 0 saturated carbocycles. The van der Waals surface area contributed by atoms with Gasteiger partial charge in [-0.3, -0.25) is 0 Å². The first kappa shape index (κ1) is 15.8. The molecule has 0 aliphatic rings. The van der Waals surface area contributed by atoms with E-state index in [4.69, 9.17) is 0 Å². The summed E-state index contributed by atoms with van der Waals surface area (Å²) in [6.07, 6.45) is -4.52. The average molecular weight is 277 g/mol. The van der Waals surface area contributed by atoms with E-state index in [1.807, 2.05) is 6.92 Å². The minimum atomic E-state index is -4.52. The highest BCUT2D eigenvalue weighted by molar-refractivity contribution is 5.46. The van der Waals surface area contributed by atoms with E-state index in [-0.39, 0.29) is 17.0 Å². The summed E-state index contributed by atoms with van der Waals surface area (Å²) in [4.78, 5) is 0. The van der Waals surface area contributed by atoms with Gasteiger partial charge < -0.3 is 5.32 Å². The van der Waals surface area contributed by atoms with Crippen molar-refractivity contribution in [2.45, 2.75) is 33.9 Å². The number of alkyl halides is 3. The van der Waals surface area contributed by atoms with Crippen LogP contribution in [-0.2, 0) is 6.18 Å². The van der Waals surface area contributed by atoms with Crippen molar-refractivity contribution in [1.29, 1.82) is 0 Å². The molecule has 0 fully saturated rings. The molecule has 1 nitrogen and oxygen atoms in total. The van der Waals surface area contributed by atoms with Gasteiger partial charge in [-0.1, -0.05) is 27.7 Å². The van der Waals surface area contributed by atoms with E-state index in [2.05, 4.69) is 26.1 Å². The second-order valence-corrected chi connectivity index (χ2v) is 5.84. The Morgan fingerprint density at radius 2 is 1.74 bits per heavy atom. The van der Waals surface area contributed by atoms with E-state index in [9.17, 15) is 17.6 Å². The van der Waals surface area contributed by atoms with Gasteiger partial charge in [0.1, 0.15) is 5.82 Å². The predicted octanol–water partition coefficient (Wildman–Crippen LogP) is 4.94. The third-order valence-corrected chi connectivity index (χ3v) is 3.37. The van der Waals surface area contributed by atoms with Gasteiger partial charge in [-0.2, -0.15) is 13.2 Å². The van der Waals surface area contributed by atoms with Crippen molar-refractivity contribution in [1.82, 2.24) is 0 Å². The number of rotatable bonds is 3. The molecule has 1 N–H and O–H groups in total. The van der Waals surface area contributed by atoms with Crippen LogP contribution in [0.15, 0.2) is 18.2 Å². The van der Waals surface area contributed by atoms with Crippen LogP contribution >= 0.6 is 0 Å². The van der Waals surface area contributed by atoms with E-state index in [0.717, 1.165) is 12.1 Å². The van der Waals surface area contributed by atoms with Gasteiger partial charge >= 0.3 is 6.18 Å². The Balaban J connectivity index is 2.77. The number of nitrogens with one attached hydrogen (secondary N) is 1. The lowest BCUT2D eigenvalue weighted by Crippen LogP contribution is -2.25. The summed E-state index contributed by atoms with van der Waals surface area (Å²) in [5, 5.41) is 2.86. The zero-order chi connectivity index (χ0) is 14.8. The van der Waals surface area contributed by atoms with Gasteiger partial charge in [0.25, 0.3) is 0 Å². The van der Waals surface area contributed by atoms with Crippen LogP contribution in [0, 0.1) is 17.2 Å². The van der Waals surface area contributed by atoms with Gasteiger partial charge in [-0.15, -0.1) is 0 Å². The molecule has 0 bridgehead atoms. The van der Waals surface area contributed by atoms with Crippen LogP contribution < -0.4 is 5.32 Å². The van der Waals surface area contributed by atoms with Crippen LogP contribution in [-0.4, -0.2) is 6.54 Å². The van der Waals surface area contributed by atoms with E-state index >= 15 is 0 Å². The maximum Gasteiger partial charge on any atom is 0.416 e. The third kappa shape index (κ3) is 4.40. The minimum absolute atomic E-state index is 0.0510. The first-order chi connectivity index (χ1) is 8.51. The van der Waals surface area contributed by atoms with E-state index < -0.39 is 17.6 Å². The monoisotopic (exact) mass is 277 g/mol. The molecule has 1 unspecified atom stereocenters. The van der Waals surface area contributed by atoms with Gasteiger partial charge in [0.15, 0.2) is 0 Å². The summed E-state index contributed by atoms with van der Waals surface area (Å²) in [6, 6.07) is 2.53. The number of hydrogen-bond donors (Lipinski definition) is 1. The lowest BCUT2D eigenvalue weighted by atomic mass is 9.82. The van der Waals surface area contributed by atoms with Crippen molar-refractivity contribution in [2.24, 2.45) is 11.3 Å². The zero-order valence-corrected chi connectivity index (χ0v) is 11.5. The van der Waals surface area contributed by atoms with Crippen molar-refractivity contribution in [3.63, 3.8) is 0 Å². The molecule has 1 aromatic carbocycles. The summed E-state index contributed by atoms with van der Waals surface area (Å²) in [5.41, 5.74) is -0.821. The normalized spacial score (nSPS) is 14.3. The molecule has 19 heavy (non-hydrogen) atoms. The van der Waals surface area contributed by atoms with Crippen LogP contribution in [0.2, 0.25) is 0 Å². The molecule has 0 spiro atoms. The lowest BCUT2D eigenvalue weighted by molar-refractivity contribution is -0.137. The van der Waals surface area contributed by atoms with Crippen LogP contribution in [0.5, 0.6) is 0 Å². The molecule has 0 saturated heterocycles. The van der Waals surface area contributed by atoms with Crippen LogP contribution in [0.4, 0.5) is 23.2 Å². The third-order valence-electron chi connectivity index (χ3n) is 3.37. The van der Waals surface area contributed by atoms with Gasteiger partial charge in [-0.05, 0) is 29.5 Å². The molecule has 1 rings (SSSR count). The van der Waals surface area contributed by atoms with E-state index in [1.165, 1.54) is 0 Å². The summed E-state index contributed by atoms with van der Waals surface area (Å²) >= 11 is 0. The Kier molecular flexibility index (Phi) is 4.48. The number of halogens is 4. The Labute approximate surface area is 111 Å². The van der Waals surface area contributed by atoms with Crippen LogP contribution in [0.25, 0.3) is 0 Å². The van der Waals surface area contributed by atoms with Gasteiger partial charge in [-0.25, -0.2) is 4.39 Å². The molecule has 0 aliphatic carbocycles. The first-order valence-corrected chi connectivity index (χ1v) is 6.12. The quantitative estimate of drug-likeness (QED) is 0.772. The summed E-state index contributed by atoms with van der Waals surface area (Å²) in [7, 11) is 0. The fourth-order valence-electron chi connectivity index (χ4n) is 1.40. The zero-order valence-electron chi connectivity index (χ0n) is 11.5. The highest BCUT2D eigenvalue weighted by atomic mass is 19.4. The smallest absolute Gasteiger partial charge is 0.382 e. The van der Waals surface area contributed by atoms with Crippen molar-refractivity contribution in [3.05, 3.63) is 29.6 Å². The Hall–Kier alpha value is -1.26. The number of anilines is 1. The average Bonchev–Trinajstić information content (AvgIpc) is 2.24. The van der Waals surface area contributed by atoms with Crippen LogP contribution in [0.1, 0.15) is 33.3 Å². The second kappa shape index (κ2) is 5.39. The summed E-state index contributed by atoms with van der Waals surface area (Å²) < 4.78 is 50.7. The number of hydrogen-bond acceptors (Lipinski definition) is 1. The molecule has 0 radical (unpaired) electrons. The Morgan fingerprint density at radius 1 is 1.16 bits per heavy atom. The molecule has 5 heteroatoms. The predicted molar refractivity (Wildman–Crippen MR) is 68.5 cm³/mol. The highest BCUT2D eigenvalue weighted by Crippen LogP contribution is 2.32. The first-order valence-electron chi connectivity index (χ1n) is 6.12. The number of benzene rings is 1. The molecule has 0 amide bonds. The van der Waals surface area contributed by atoms with Crippen molar-refractivity contribution in [2.75, 3.05) is 11.9 Å². The molecule has 108 valence electrons. The Morgan fingerprint density at radius 3 is 2.16 bits per heavy atom. The van der Waals surface area contributed by atoms with Crippen molar-refractivity contribution < 1.29 is 17.6 Å². The molecule has 1 atom stereocenters. The maximum atomic E-state index is 13.6. The second-order valence-electron chi connectivity index (χ2n) is 5.84. The maximum absolute atomic E-state index is 13.6. The Bertz CT molecular complexity index is 432.